The van der Waals surface area contributed by atoms with Gasteiger partial charge in [-0.25, -0.2) is 4.39 Å². The Hall–Kier alpha value is -3.22. The molecule has 1 heterocycles. The van der Waals surface area contributed by atoms with Crippen molar-refractivity contribution in [3.05, 3.63) is 59.4 Å². The number of hydrogen-bond donors (Lipinski definition) is 2. The highest BCUT2D eigenvalue weighted by Crippen LogP contribution is 2.27. The van der Waals surface area contributed by atoms with Crippen molar-refractivity contribution in [3.8, 4) is 0 Å². The van der Waals surface area contributed by atoms with Gasteiger partial charge in [0.05, 0.1) is 5.92 Å². The molecular weight excluding hydrogens is 349 g/mol. The van der Waals surface area contributed by atoms with Gasteiger partial charge in [0.25, 0.3) is 5.91 Å². The van der Waals surface area contributed by atoms with Crippen LogP contribution in [0.5, 0.6) is 0 Å². The number of carbonyl (C=O) groups excluding carboxylic acids is 3. The SMILES string of the molecule is CNC(=O)c1cccc(NC(=O)C2CC(=O)N(c3ccc(F)c(C)c3)C2)c1. The van der Waals surface area contributed by atoms with Gasteiger partial charge in [-0.2, -0.15) is 0 Å². The number of nitrogens with zero attached hydrogens (tertiary/aromatic N) is 1. The van der Waals surface area contributed by atoms with E-state index in [1.165, 1.54) is 24.1 Å². The van der Waals surface area contributed by atoms with Crippen molar-refractivity contribution in [1.82, 2.24) is 5.32 Å². The Bertz CT molecular complexity index is 913. The summed E-state index contributed by atoms with van der Waals surface area (Å²) in [4.78, 5) is 38.1. The fraction of sp³-hybridized carbons (Fsp3) is 0.250. The topological polar surface area (TPSA) is 78.5 Å². The Morgan fingerprint density at radius 1 is 1.19 bits per heavy atom. The van der Waals surface area contributed by atoms with E-state index in [0.29, 0.717) is 22.5 Å². The lowest BCUT2D eigenvalue weighted by Crippen LogP contribution is -2.28. The Balaban J connectivity index is 1.70. The number of aryl methyl sites for hydroxylation is 1. The summed E-state index contributed by atoms with van der Waals surface area (Å²) < 4.78 is 13.4. The molecule has 3 amide bonds. The molecule has 1 fully saturated rings. The lowest BCUT2D eigenvalue weighted by atomic mass is 10.1. The number of anilines is 2. The van der Waals surface area contributed by atoms with E-state index in [0.717, 1.165) is 0 Å². The van der Waals surface area contributed by atoms with Crippen LogP contribution in [0.2, 0.25) is 0 Å². The molecule has 1 aliphatic heterocycles. The zero-order chi connectivity index (χ0) is 19.6. The molecule has 140 valence electrons. The number of amides is 3. The standard InChI is InChI=1S/C20H20FN3O3/c1-12-8-16(6-7-17(12)21)24-11-14(10-18(24)25)20(27)23-15-5-3-4-13(9-15)19(26)22-2/h3-9,14H,10-11H2,1-2H3,(H,22,26)(H,23,27). The third-order valence-corrected chi connectivity index (χ3v) is 4.57. The number of rotatable bonds is 4. The Morgan fingerprint density at radius 2 is 1.96 bits per heavy atom. The molecule has 0 aromatic heterocycles. The average molecular weight is 369 g/mol. The summed E-state index contributed by atoms with van der Waals surface area (Å²) in [5.74, 6) is -1.58. The molecule has 6 nitrogen and oxygen atoms in total. The van der Waals surface area contributed by atoms with Crippen molar-refractivity contribution in [1.29, 1.82) is 0 Å². The van der Waals surface area contributed by atoms with E-state index in [9.17, 15) is 18.8 Å². The molecule has 2 aromatic carbocycles. The molecule has 0 saturated carbocycles. The van der Waals surface area contributed by atoms with Crippen LogP contribution in [-0.2, 0) is 9.59 Å². The predicted octanol–water partition coefficient (Wildman–Crippen LogP) is 2.49. The maximum Gasteiger partial charge on any atom is 0.251 e. The number of hydrogen-bond acceptors (Lipinski definition) is 3. The van der Waals surface area contributed by atoms with Crippen LogP contribution in [0.4, 0.5) is 15.8 Å². The highest BCUT2D eigenvalue weighted by molar-refractivity contribution is 6.04. The van der Waals surface area contributed by atoms with E-state index in [-0.39, 0.29) is 36.5 Å². The molecule has 27 heavy (non-hydrogen) atoms. The summed E-state index contributed by atoms with van der Waals surface area (Å²) in [7, 11) is 1.53. The van der Waals surface area contributed by atoms with Crippen LogP contribution in [0.1, 0.15) is 22.3 Å². The van der Waals surface area contributed by atoms with Gasteiger partial charge in [-0.15, -0.1) is 0 Å². The van der Waals surface area contributed by atoms with Gasteiger partial charge in [-0.05, 0) is 48.9 Å². The largest absolute Gasteiger partial charge is 0.355 e. The van der Waals surface area contributed by atoms with Gasteiger partial charge in [0.15, 0.2) is 0 Å². The Morgan fingerprint density at radius 3 is 2.67 bits per heavy atom. The molecule has 1 aliphatic rings. The smallest absolute Gasteiger partial charge is 0.251 e. The van der Waals surface area contributed by atoms with Crippen LogP contribution in [0.25, 0.3) is 0 Å². The minimum atomic E-state index is -0.522. The lowest BCUT2D eigenvalue weighted by Gasteiger charge is -2.17. The molecule has 3 rings (SSSR count). The van der Waals surface area contributed by atoms with Gasteiger partial charge in [0.2, 0.25) is 11.8 Å². The van der Waals surface area contributed by atoms with Gasteiger partial charge >= 0.3 is 0 Å². The van der Waals surface area contributed by atoms with Crippen LogP contribution < -0.4 is 15.5 Å². The van der Waals surface area contributed by atoms with E-state index in [2.05, 4.69) is 10.6 Å². The summed E-state index contributed by atoms with van der Waals surface area (Å²) >= 11 is 0. The summed E-state index contributed by atoms with van der Waals surface area (Å²) in [6.07, 6.45) is 0.0807. The molecule has 0 aliphatic carbocycles. The summed E-state index contributed by atoms with van der Waals surface area (Å²) in [6, 6.07) is 11.0. The van der Waals surface area contributed by atoms with Crippen LogP contribution in [0.3, 0.4) is 0 Å². The zero-order valence-electron chi connectivity index (χ0n) is 15.1. The normalized spacial score (nSPS) is 16.3. The molecule has 0 radical (unpaired) electrons. The second-order valence-electron chi connectivity index (χ2n) is 6.49. The average Bonchev–Trinajstić information content (AvgIpc) is 3.05. The van der Waals surface area contributed by atoms with E-state index < -0.39 is 5.92 Å². The van der Waals surface area contributed by atoms with Crippen molar-refractivity contribution in [2.75, 3.05) is 23.8 Å². The summed E-state index contributed by atoms with van der Waals surface area (Å²) in [5, 5.41) is 5.28. The maximum absolute atomic E-state index is 13.4. The Kier molecular flexibility index (Phi) is 5.21. The van der Waals surface area contributed by atoms with Crippen molar-refractivity contribution < 1.29 is 18.8 Å². The fourth-order valence-corrected chi connectivity index (χ4v) is 3.06. The predicted molar refractivity (Wildman–Crippen MR) is 100 cm³/mol. The quantitative estimate of drug-likeness (QED) is 0.869. The second kappa shape index (κ2) is 7.57. The molecule has 2 N–H and O–H groups in total. The molecule has 2 aromatic rings. The van der Waals surface area contributed by atoms with E-state index in [4.69, 9.17) is 0 Å². The van der Waals surface area contributed by atoms with Crippen LogP contribution >= 0.6 is 0 Å². The Labute approximate surface area is 156 Å². The maximum atomic E-state index is 13.4. The fourth-order valence-electron chi connectivity index (χ4n) is 3.06. The van der Waals surface area contributed by atoms with E-state index in [1.54, 1.807) is 37.3 Å². The van der Waals surface area contributed by atoms with Crippen molar-refractivity contribution >= 4 is 29.1 Å². The number of halogens is 1. The molecule has 7 heteroatoms. The molecular formula is C20H20FN3O3. The minimum Gasteiger partial charge on any atom is -0.355 e. The molecule has 1 atom stereocenters. The summed E-state index contributed by atoms with van der Waals surface area (Å²) in [5.41, 5.74) is 1.95. The van der Waals surface area contributed by atoms with Gasteiger partial charge in [-0.3, -0.25) is 14.4 Å². The minimum absolute atomic E-state index is 0.0807. The lowest BCUT2D eigenvalue weighted by molar-refractivity contribution is -0.122. The first-order chi connectivity index (χ1) is 12.9. The first kappa shape index (κ1) is 18.6. The van der Waals surface area contributed by atoms with E-state index >= 15 is 0 Å². The van der Waals surface area contributed by atoms with Gasteiger partial charge in [0, 0.05) is 37.0 Å². The molecule has 0 bridgehead atoms. The van der Waals surface area contributed by atoms with Crippen molar-refractivity contribution in [2.45, 2.75) is 13.3 Å². The molecule has 1 unspecified atom stereocenters. The number of carbonyl (C=O) groups is 3. The highest BCUT2D eigenvalue weighted by Gasteiger charge is 2.35. The summed E-state index contributed by atoms with van der Waals surface area (Å²) in [6.45, 7) is 1.86. The van der Waals surface area contributed by atoms with Crippen molar-refractivity contribution in [3.63, 3.8) is 0 Å². The van der Waals surface area contributed by atoms with E-state index in [1.807, 2.05) is 0 Å². The number of nitrogens with one attached hydrogen (secondary N) is 2. The highest BCUT2D eigenvalue weighted by atomic mass is 19.1. The second-order valence-corrected chi connectivity index (χ2v) is 6.49. The molecule has 1 saturated heterocycles. The van der Waals surface area contributed by atoms with Crippen LogP contribution in [-0.4, -0.2) is 31.3 Å². The zero-order valence-corrected chi connectivity index (χ0v) is 15.1. The van der Waals surface area contributed by atoms with Crippen LogP contribution in [0.15, 0.2) is 42.5 Å². The van der Waals surface area contributed by atoms with Crippen LogP contribution in [0, 0.1) is 18.7 Å². The van der Waals surface area contributed by atoms with Gasteiger partial charge < -0.3 is 15.5 Å². The monoisotopic (exact) mass is 369 g/mol. The van der Waals surface area contributed by atoms with Gasteiger partial charge in [-0.1, -0.05) is 6.07 Å². The number of benzene rings is 2. The van der Waals surface area contributed by atoms with Gasteiger partial charge in [0.1, 0.15) is 5.82 Å². The van der Waals surface area contributed by atoms with Crippen molar-refractivity contribution in [2.24, 2.45) is 5.92 Å². The first-order valence-electron chi connectivity index (χ1n) is 8.58. The first-order valence-corrected chi connectivity index (χ1v) is 8.58. The third kappa shape index (κ3) is 3.97. The molecule has 0 spiro atoms. The third-order valence-electron chi connectivity index (χ3n) is 4.57.